The molecule has 1 aliphatic heterocycles. The van der Waals surface area contributed by atoms with Crippen LogP contribution in [0, 0.1) is 0 Å². The molecule has 0 radical (unpaired) electrons. The lowest BCUT2D eigenvalue weighted by molar-refractivity contribution is -0.195. The Hall–Kier alpha value is -0.210. The van der Waals surface area contributed by atoms with Gasteiger partial charge in [-0.2, -0.15) is 0 Å². The van der Waals surface area contributed by atoms with Gasteiger partial charge in [-0.15, -0.1) is 0 Å². The summed E-state index contributed by atoms with van der Waals surface area (Å²) in [5.74, 6) is -0.310. The van der Waals surface area contributed by atoms with Crippen LogP contribution in [0.1, 0.15) is 45.1 Å². The first-order valence-electron chi connectivity index (χ1n) is 8.45. The first-order valence-corrected chi connectivity index (χ1v) is 9.33. The molecule has 1 aromatic carbocycles. The zero-order chi connectivity index (χ0) is 17.2. The highest BCUT2D eigenvalue weighted by Crippen LogP contribution is 2.44. The Labute approximate surface area is 154 Å². The van der Waals surface area contributed by atoms with Gasteiger partial charge in [0.1, 0.15) is 23.0 Å². The Morgan fingerprint density at radius 1 is 1.00 bits per heavy atom. The molecule has 1 aliphatic carbocycles. The topological polar surface area (TPSA) is 53.7 Å². The molecule has 23 heavy (non-hydrogen) atoms. The van der Waals surface area contributed by atoms with Crippen molar-refractivity contribution in [1.29, 1.82) is 0 Å². The van der Waals surface area contributed by atoms with Crippen LogP contribution in [0.2, 0.25) is 0 Å². The smallest absolute Gasteiger partial charge is 0.168 e. The van der Waals surface area contributed by atoms with Gasteiger partial charge < -0.3 is 18.3 Å². The van der Waals surface area contributed by atoms with Crippen LogP contribution < -0.4 is 5.73 Å². The van der Waals surface area contributed by atoms with E-state index in [0.717, 1.165) is 45.3 Å². The Morgan fingerprint density at radius 3 is 2.00 bits per heavy atom. The minimum atomic E-state index is -0.310. The molecule has 1 saturated carbocycles. The molecule has 0 unspecified atom stereocenters. The van der Waals surface area contributed by atoms with E-state index in [1.165, 1.54) is 12.6 Å². The second-order valence-electron chi connectivity index (χ2n) is 5.53. The van der Waals surface area contributed by atoms with Crippen LogP contribution in [-0.2, 0) is 19.0 Å². The van der Waals surface area contributed by atoms with Crippen LogP contribution in [-0.4, -0.2) is 31.6 Å². The van der Waals surface area contributed by atoms with Crippen molar-refractivity contribution >= 4 is 23.0 Å². The SMILES string of the molecule is CC.CN.IOC1(Cc2ccccc2)CCC2(CC1)OCCO2. The summed E-state index contributed by atoms with van der Waals surface area (Å²) in [6.45, 7) is 5.47. The first-order chi connectivity index (χ1) is 11.3. The molecule has 0 amide bonds. The van der Waals surface area contributed by atoms with Gasteiger partial charge >= 0.3 is 0 Å². The average Bonchev–Trinajstić information content (AvgIpc) is 3.10. The second kappa shape index (κ2) is 10.6. The number of benzene rings is 1. The monoisotopic (exact) mass is 435 g/mol. The van der Waals surface area contributed by atoms with Gasteiger partial charge in [0.25, 0.3) is 0 Å². The van der Waals surface area contributed by atoms with Crippen molar-refractivity contribution in [3.8, 4) is 0 Å². The maximum atomic E-state index is 5.84. The molecule has 1 aromatic rings. The summed E-state index contributed by atoms with van der Waals surface area (Å²) in [6, 6.07) is 10.6. The Morgan fingerprint density at radius 2 is 1.52 bits per heavy atom. The van der Waals surface area contributed by atoms with Crippen molar-refractivity contribution in [3.05, 3.63) is 35.9 Å². The van der Waals surface area contributed by atoms with Crippen molar-refractivity contribution in [3.63, 3.8) is 0 Å². The fraction of sp³-hybridized carbons (Fsp3) is 0.667. The Kier molecular flexibility index (Phi) is 9.61. The van der Waals surface area contributed by atoms with E-state index in [-0.39, 0.29) is 11.4 Å². The van der Waals surface area contributed by atoms with Crippen molar-refractivity contribution in [2.75, 3.05) is 20.3 Å². The first kappa shape index (κ1) is 20.8. The maximum absolute atomic E-state index is 5.84. The van der Waals surface area contributed by atoms with Gasteiger partial charge in [0.2, 0.25) is 0 Å². The van der Waals surface area contributed by atoms with Crippen LogP contribution in [0.4, 0.5) is 0 Å². The van der Waals surface area contributed by atoms with Gasteiger partial charge in [-0.25, -0.2) is 0 Å². The molecule has 2 N–H and O–H groups in total. The van der Waals surface area contributed by atoms with E-state index in [1.807, 2.05) is 13.8 Å². The van der Waals surface area contributed by atoms with E-state index < -0.39 is 0 Å². The molecular formula is C18H30INO3. The minimum absolute atomic E-state index is 0.0670. The fourth-order valence-electron chi connectivity index (χ4n) is 3.12. The Balaban J connectivity index is 0.000000615. The lowest BCUT2D eigenvalue weighted by Gasteiger charge is -2.42. The molecular weight excluding hydrogens is 405 g/mol. The van der Waals surface area contributed by atoms with E-state index in [9.17, 15) is 0 Å². The summed E-state index contributed by atoms with van der Waals surface area (Å²) in [4.78, 5) is 0. The van der Waals surface area contributed by atoms with Crippen LogP contribution in [0.25, 0.3) is 0 Å². The quantitative estimate of drug-likeness (QED) is 0.722. The number of rotatable bonds is 3. The number of hydrogen-bond donors (Lipinski definition) is 1. The molecule has 1 saturated heterocycles. The molecule has 2 fully saturated rings. The third kappa shape index (κ3) is 5.67. The van der Waals surface area contributed by atoms with Crippen LogP contribution in [0.5, 0.6) is 0 Å². The normalized spacial score (nSPS) is 20.9. The summed E-state index contributed by atoms with van der Waals surface area (Å²) in [5, 5.41) is 0. The summed E-state index contributed by atoms with van der Waals surface area (Å²) >= 11 is 2.06. The third-order valence-electron chi connectivity index (χ3n) is 4.27. The van der Waals surface area contributed by atoms with Crippen molar-refractivity contribution in [2.45, 2.75) is 57.3 Å². The number of nitrogens with two attached hydrogens (primary N) is 1. The summed E-state index contributed by atoms with van der Waals surface area (Å²) in [7, 11) is 1.50. The maximum Gasteiger partial charge on any atom is 0.168 e. The molecule has 3 rings (SSSR count). The average molecular weight is 435 g/mol. The fourth-order valence-corrected chi connectivity index (χ4v) is 3.72. The van der Waals surface area contributed by atoms with Crippen LogP contribution in [0.15, 0.2) is 30.3 Å². The predicted octanol–water partition coefficient (Wildman–Crippen LogP) is 4.25. The molecule has 1 spiro atoms. The third-order valence-corrected chi connectivity index (χ3v) is 5.20. The molecule has 5 heteroatoms. The lowest BCUT2D eigenvalue weighted by Crippen LogP contribution is -2.45. The molecule has 0 atom stereocenters. The van der Waals surface area contributed by atoms with Crippen LogP contribution >= 0.6 is 23.0 Å². The zero-order valence-corrected chi connectivity index (χ0v) is 16.7. The summed E-state index contributed by atoms with van der Waals surface area (Å²) in [6.07, 6.45) is 4.81. The number of halogens is 1. The van der Waals surface area contributed by atoms with Gasteiger partial charge in [-0.1, -0.05) is 44.2 Å². The molecule has 132 valence electrons. The van der Waals surface area contributed by atoms with Crippen molar-refractivity contribution < 1.29 is 12.5 Å². The van der Waals surface area contributed by atoms with Gasteiger partial charge in [0, 0.05) is 19.3 Å². The second-order valence-corrected chi connectivity index (χ2v) is 5.97. The predicted molar refractivity (Wildman–Crippen MR) is 103 cm³/mol. The van der Waals surface area contributed by atoms with E-state index in [4.69, 9.17) is 12.5 Å². The molecule has 4 nitrogen and oxygen atoms in total. The van der Waals surface area contributed by atoms with Crippen LogP contribution in [0.3, 0.4) is 0 Å². The zero-order valence-electron chi connectivity index (χ0n) is 14.5. The summed E-state index contributed by atoms with van der Waals surface area (Å²) in [5.41, 5.74) is 5.77. The van der Waals surface area contributed by atoms with E-state index in [2.05, 4.69) is 59.1 Å². The standard InChI is InChI=1S/C15H19IO3.C2H6.CH5N/c16-19-14(12-13-4-2-1-3-5-13)6-8-15(9-7-14)17-10-11-18-15;2*1-2/h1-5H,6-12H2;1-2H3;2H2,1H3. The molecule has 0 aromatic heterocycles. The van der Waals surface area contributed by atoms with Crippen molar-refractivity contribution in [2.24, 2.45) is 5.73 Å². The van der Waals surface area contributed by atoms with E-state index >= 15 is 0 Å². The van der Waals surface area contributed by atoms with Gasteiger partial charge in [-0.05, 0) is 25.5 Å². The highest BCUT2D eigenvalue weighted by molar-refractivity contribution is 14.1. The minimum Gasteiger partial charge on any atom is -0.348 e. The number of hydrogen-bond acceptors (Lipinski definition) is 4. The van der Waals surface area contributed by atoms with Crippen molar-refractivity contribution in [1.82, 2.24) is 0 Å². The summed E-state index contributed by atoms with van der Waals surface area (Å²) < 4.78 is 17.4. The highest BCUT2D eigenvalue weighted by atomic mass is 127. The molecule has 0 bridgehead atoms. The molecule has 2 aliphatic rings. The van der Waals surface area contributed by atoms with E-state index in [1.54, 1.807) is 0 Å². The van der Waals surface area contributed by atoms with E-state index in [0.29, 0.717) is 0 Å². The lowest BCUT2D eigenvalue weighted by atomic mass is 9.78. The molecule has 1 heterocycles. The Bertz CT molecular complexity index is 412. The number of ether oxygens (including phenoxy) is 2. The largest absolute Gasteiger partial charge is 0.348 e. The van der Waals surface area contributed by atoms with Gasteiger partial charge in [0.15, 0.2) is 5.79 Å². The van der Waals surface area contributed by atoms with Gasteiger partial charge in [0.05, 0.1) is 18.8 Å². The highest BCUT2D eigenvalue weighted by Gasteiger charge is 2.46. The van der Waals surface area contributed by atoms with Gasteiger partial charge in [-0.3, -0.25) is 0 Å².